The lowest BCUT2D eigenvalue weighted by Gasteiger charge is -2.60. The van der Waals surface area contributed by atoms with E-state index in [1.54, 1.807) is 12.1 Å². The number of fused-ring (bicyclic) bond motifs is 6. The zero-order valence-corrected chi connectivity index (χ0v) is 40.1. The molecule has 6 fully saturated rings. The maximum atomic E-state index is 13.3. The summed E-state index contributed by atoms with van der Waals surface area (Å²) < 4.78 is 16.7. The van der Waals surface area contributed by atoms with Crippen LogP contribution in [0.15, 0.2) is 174 Å². The Bertz CT molecular complexity index is 2050. The molecule has 4 bridgehead atoms. The summed E-state index contributed by atoms with van der Waals surface area (Å²) >= 11 is 3.55. The summed E-state index contributed by atoms with van der Waals surface area (Å²) in [6.07, 6.45) is 6.16. The molecule has 12 rings (SSSR count). The Kier molecular flexibility index (Phi) is 14.2. The van der Waals surface area contributed by atoms with Gasteiger partial charge >= 0.3 is 0 Å². The molecule has 62 heavy (non-hydrogen) atoms. The van der Waals surface area contributed by atoms with Crippen LogP contribution in [0, 0.1) is 16.6 Å². The van der Waals surface area contributed by atoms with Crippen LogP contribution < -0.4 is 34.0 Å². The third-order valence-electron chi connectivity index (χ3n) is 15.6. The van der Waals surface area contributed by atoms with Crippen LogP contribution in [0.3, 0.4) is 0 Å². The van der Waals surface area contributed by atoms with Crippen molar-refractivity contribution < 1.29 is 57.5 Å². The minimum atomic E-state index is -0.984. The molecular weight excluding hydrogens is 967 g/mol. The Morgan fingerprint density at radius 1 is 0.419 bits per heavy atom. The first-order valence-corrected chi connectivity index (χ1v) is 22.8. The number of benzene rings is 6. The summed E-state index contributed by atoms with van der Waals surface area (Å²) in [6.45, 7) is 8.62. The van der Waals surface area contributed by atoms with E-state index in [-0.39, 0.29) is 50.6 Å². The van der Waals surface area contributed by atoms with Crippen LogP contribution in [0.4, 0.5) is 4.39 Å². The molecule has 6 saturated heterocycles. The first-order chi connectivity index (χ1) is 29.1. The fourth-order valence-electron chi connectivity index (χ4n) is 11.9. The maximum absolute atomic E-state index is 13.3. The van der Waals surface area contributed by atoms with Crippen molar-refractivity contribution in [1.82, 2.24) is 0 Å². The van der Waals surface area contributed by atoms with Gasteiger partial charge in [-0.15, -0.1) is 0 Å². The predicted molar refractivity (Wildman–Crippen MR) is 242 cm³/mol. The first-order valence-electron chi connectivity index (χ1n) is 22.0. The third kappa shape index (κ3) is 8.58. The number of hydrogen-bond acceptors (Lipinski definition) is 2. The highest BCUT2D eigenvalue weighted by atomic mass is 79.9. The molecule has 0 atom stereocenters. The molecular formula is C54H58Br3FN2O2. The number of nitrogens with zero attached hydrogens (tertiary/aromatic N) is 2. The van der Waals surface area contributed by atoms with Gasteiger partial charge in [-0.25, -0.2) is 4.39 Å². The average Bonchev–Trinajstić information content (AvgIpc) is 3.32. The number of quaternary nitrogens is 2. The Hall–Kier alpha value is -3.47. The van der Waals surface area contributed by atoms with Gasteiger partial charge in [0, 0.05) is 65.0 Å². The molecule has 0 radical (unpaired) electrons. The van der Waals surface area contributed by atoms with Gasteiger partial charge in [0.2, 0.25) is 0 Å². The lowest BCUT2D eigenvalue weighted by molar-refractivity contribution is -0.958. The number of hydrogen-bond donors (Lipinski definition) is 2. The van der Waals surface area contributed by atoms with Crippen LogP contribution >= 0.6 is 15.9 Å². The van der Waals surface area contributed by atoms with E-state index in [2.05, 4.69) is 113 Å². The zero-order chi connectivity index (χ0) is 41.3. The van der Waals surface area contributed by atoms with E-state index in [1.807, 2.05) is 60.7 Å². The highest BCUT2D eigenvalue weighted by Crippen LogP contribution is 2.59. The molecule has 6 aliphatic heterocycles. The van der Waals surface area contributed by atoms with Gasteiger partial charge < -0.3 is 53.1 Å². The zero-order valence-electron chi connectivity index (χ0n) is 35.4. The highest BCUT2D eigenvalue weighted by Gasteiger charge is 2.61. The number of piperidine rings is 6. The van der Waals surface area contributed by atoms with E-state index in [9.17, 15) is 14.6 Å². The maximum Gasteiger partial charge on any atom is 0.123 e. The first kappa shape index (κ1) is 46.5. The highest BCUT2D eigenvalue weighted by molar-refractivity contribution is 9.10. The number of halogens is 4. The van der Waals surface area contributed by atoms with Gasteiger partial charge in [0.25, 0.3) is 0 Å². The molecule has 6 heterocycles. The fourth-order valence-corrected chi connectivity index (χ4v) is 12.2. The molecule has 6 aromatic rings. The normalized spacial score (nSPS) is 25.1. The molecule has 8 heteroatoms. The summed E-state index contributed by atoms with van der Waals surface area (Å²) in [5, 5.41) is 24.9. The van der Waals surface area contributed by atoms with E-state index < -0.39 is 11.2 Å². The van der Waals surface area contributed by atoms with Gasteiger partial charge in [0.05, 0.1) is 39.3 Å². The third-order valence-corrected chi connectivity index (χ3v) is 16.1. The standard InChI is InChI=1S/C27H29BrNO.C27H29FNO.2BrH/c2*28-25-13-11-22(12-14-25)21-29-18-15-26(16-19-29,17-20-29)27(30,23-7-3-1-4-8-23)24-9-5-2-6-10-24;;/h2*1-14,30H,15-21H2;2*1H/q2*+1;;/p-2. The SMILES string of the molecule is OC(c1ccccc1)(c1ccccc1)C12CC[N+](Cc3ccc(Br)cc3)(CC1)CC2.OC(c1ccccc1)(c1ccccc1)C12CC[N+](Cc3ccc(F)cc3)(CC1)CC2.[Br-].[Br-]. The van der Waals surface area contributed by atoms with Gasteiger partial charge in [0.1, 0.15) is 30.1 Å². The minimum Gasteiger partial charge on any atom is -1.00 e. The van der Waals surface area contributed by atoms with Crippen molar-refractivity contribution in [2.24, 2.45) is 10.8 Å². The van der Waals surface area contributed by atoms with Gasteiger partial charge in [0.15, 0.2) is 0 Å². The predicted octanol–water partition coefficient (Wildman–Crippen LogP) is 5.16. The minimum absolute atomic E-state index is 0. The number of rotatable bonds is 10. The van der Waals surface area contributed by atoms with E-state index >= 15 is 0 Å². The van der Waals surface area contributed by atoms with Crippen LogP contribution in [0.2, 0.25) is 0 Å². The van der Waals surface area contributed by atoms with Crippen molar-refractivity contribution in [3.63, 3.8) is 0 Å². The monoisotopic (exact) mass is 1020 g/mol. The molecule has 0 aromatic heterocycles. The van der Waals surface area contributed by atoms with Crippen molar-refractivity contribution in [2.75, 3.05) is 39.3 Å². The average molecular weight is 1030 g/mol. The van der Waals surface area contributed by atoms with Gasteiger partial charge in [-0.05, 0) is 46.5 Å². The summed E-state index contributed by atoms with van der Waals surface area (Å²) in [5.41, 5.74) is 4.49. The van der Waals surface area contributed by atoms with Crippen LogP contribution in [-0.4, -0.2) is 58.4 Å². The molecule has 324 valence electrons. The number of aliphatic hydroxyl groups is 2. The Morgan fingerprint density at radius 2 is 0.677 bits per heavy atom. The van der Waals surface area contributed by atoms with Gasteiger partial charge in [-0.2, -0.15) is 0 Å². The molecule has 2 N–H and O–H groups in total. The molecule has 0 unspecified atom stereocenters. The summed E-state index contributed by atoms with van der Waals surface area (Å²) in [6, 6.07) is 56.9. The molecule has 4 nitrogen and oxygen atoms in total. The van der Waals surface area contributed by atoms with E-state index in [0.717, 1.165) is 127 Å². The lowest BCUT2D eigenvalue weighted by Crippen LogP contribution is -3.00. The van der Waals surface area contributed by atoms with Crippen molar-refractivity contribution in [3.05, 3.63) is 214 Å². The second kappa shape index (κ2) is 18.9. The molecule has 0 amide bonds. The quantitative estimate of drug-likeness (QED) is 0.187. The van der Waals surface area contributed by atoms with Crippen LogP contribution in [0.1, 0.15) is 71.9 Å². The second-order valence-corrected chi connectivity index (χ2v) is 19.5. The van der Waals surface area contributed by atoms with Crippen molar-refractivity contribution in [2.45, 2.75) is 62.8 Å². The van der Waals surface area contributed by atoms with Gasteiger partial charge in [-0.3, -0.25) is 0 Å². The van der Waals surface area contributed by atoms with Gasteiger partial charge in [-0.1, -0.05) is 162 Å². The van der Waals surface area contributed by atoms with Crippen LogP contribution in [0.5, 0.6) is 0 Å². The van der Waals surface area contributed by atoms with Crippen LogP contribution in [-0.2, 0) is 24.3 Å². The van der Waals surface area contributed by atoms with Crippen LogP contribution in [0.25, 0.3) is 0 Å². The molecule has 6 aromatic carbocycles. The Morgan fingerprint density at radius 3 is 0.952 bits per heavy atom. The molecule has 0 aliphatic carbocycles. The fraction of sp³-hybridized carbons (Fsp3) is 0.333. The summed E-state index contributed by atoms with van der Waals surface area (Å²) in [7, 11) is 0. The van der Waals surface area contributed by atoms with E-state index in [4.69, 9.17) is 0 Å². The largest absolute Gasteiger partial charge is 1.00 e. The lowest BCUT2D eigenvalue weighted by atomic mass is 9.56. The summed E-state index contributed by atoms with van der Waals surface area (Å²) in [4.78, 5) is 0. The topological polar surface area (TPSA) is 40.5 Å². The van der Waals surface area contributed by atoms with Crippen molar-refractivity contribution in [3.8, 4) is 0 Å². The van der Waals surface area contributed by atoms with Crippen molar-refractivity contribution in [1.29, 1.82) is 0 Å². The Balaban J connectivity index is 0.000000181. The molecule has 6 aliphatic rings. The Labute approximate surface area is 397 Å². The summed E-state index contributed by atoms with van der Waals surface area (Å²) in [5.74, 6) is -0.175. The van der Waals surface area contributed by atoms with Crippen molar-refractivity contribution >= 4 is 15.9 Å². The molecule has 0 saturated carbocycles. The molecule has 0 spiro atoms. The van der Waals surface area contributed by atoms with E-state index in [0.29, 0.717) is 0 Å². The van der Waals surface area contributed by atoms with E-state index in [1.165, 1.54) is 11.1 Å². The second-order valence-electron chi connectivity index (χ2n) is 18.5. The smallest absolute Gasteiger partial charge is 0.123 e.